The molecule has 0 aliphatic carbocycles. The Morgan fingerprint density at radius 1 is 0.758 bits per heavy atom. The van der Waals surface area contributed by atoms with Crippen molar-refractivity contribution >= 4 is 45.1 Å². The monoisotopic (exact) mass is 472 g/mol. The molecule has 3 rings (SSSR count). The number of ether oxygens (including phenoxy) is 4. The smallest absolute Gasteiger partial charge is 0.309 e. The largest absolute Gasteiger partial charge is 0.489 e. The molecule has 3 aromatic carbocycles. The first kappa shape index (κ1) is 24.6. The molecule has 6 nitrogen and oxygen atoms in total. The molecular weight excluding hydrogens is 444 g/mol. The van der Waals surface area contributed by atoms with Gasteiger partial charge in [0, 0.05) is 26.6 Å². The molecule has 0 fully saturated rings. The Balaban J connectivity index is 2.07. The molecule has 0 radical (unpaired) electrons. The SMILES string of the molecule is CCOC(=O)CC(C)Oc1c2ccccc2c(OC(C)CC(=O)OCC)c2cc(Cl)ccc12. The molecule has 33 heavy (non-hydrogen) atoms. The summed E-state index contributed by atoms with van der Waals surface area (Å²) >= 11 is 6.33. The van der Waals surface area contributed by atoms with E-state index in [9.17, 15) is 9.59 Å². The van der Waals surface area contributed by atoms with Gasteiger partial charge in [0.15, 0.2) is 0 Å². The third kappa shape index (κ3) is 6.08. The molecule has 0 N–H and O–H groups in total. The summed E-state index contributed by atoms with van der Waals surface area (Å²) in [6, 6.07) is 13.2. The lowest BCUT2D eigenvalue weighted by atomic mass is 10.00. The van der Waals surface area contributed by atoms with Crippen LogP contribution in [-0.4, -0.2) is 37.4 Å². The highest BCUT2D eigenvalue weighted by Crippen LogP contribution is 2.44. The molecule has 3 aromatic rings. The van der Waals surface area contributed by atoms with Gasteiger partial charge in [-0.15, -0.1) is 0 Å². The molecule has 176 valence electrons. The molecule has 0 aliphatic heterocycles. The molecule has 0 saturated carbocycles. The Hall–Kier alpha value is -2.99. The molecule has 0 heterocycles. The van der Waals surface area contributed by atoms with Crippen LogP contribution in [0.25, 0.3) is 21.5 Å². The van der Waals surface area contributed by atoms with Gasteiger partial charge in [-0.05, 0) is 45.9 Å². The minimum atomic E-state index is -0.413. The molecule has 0 saturated heterocycles. The van der Waals surface area contributed by atoms with Gasteiger partial charge in [-0.3, -0.25) is 9.59 Å². The predicted molar refractivity (Wildman–Crippen MR) is 129 cm³/mol. The maximum atomic E-state index is 12.0. The lowest BCUT2D eigenvalue weighted by Crippen LogP contribution is -2.20. The summed E-state index contributed by atoms with van der Waals surface area (Å²) in [5, 5.41) is 3.76. The molecule has 0 aromatic heterocycles. The van der Waals surface area contributed by atoms with E-state index in [0.717, 1.165) is 21.5 Å². The zero-order valence-electron chi connectivity index (χ0n) is 19.4. The normalized spacial score (nSPS) is 12.9. The first-order chi connectivity index (χ1) is 15.8. The first-order valence-corrected chi connectivity index (χ1v) is 11.5. The second-order valence-corrected chi connectivity index (χ2v) is 8.21. The van der Waals surface area contributed by atoms with E-state index in [4.69, 9.17) is 30.5 Å². The van der Waals surface area contributed by atoms with Crippen molar-refractivity contribution in [3.05, 3.63) is 47.5 Å². The van der Waals surface area contributed by atoms with E-state index < -0.39 is 12.2 Å². The molecule has 0 spiro atoms. The maximum Gasteiger partial charge on any atom is 0.309 e. The number of fused-ring (bicyclic) bond motifs is 2. The number of esters is 2. The molecule has 0 bridgehead atoms. The Labute approximate surface area is 198 Å². The zero-order chi connectivity index (χ0) is 24.0. The van der Waals surface area contributed by atoms with Crippen LogP contribution in [0.1, 0.15) is 40.5 Å². The highest BCUT2D eigenvalue weighted by molar-refractivity contribution is 6.31. The Morgan fingerprint density at radius 2 is 1.21 bits per heavy atom. The van der Waals surface area contributed by atoms with Crippen LogP contribution >= 0.6 is 11.6 Å². The fraction of sp³-hybridized carbons (Fsp3) is 0.385. The van der Waals surface area contributed by atoms with E-state index >= 15 is 0 Å². The van der Waals surface area contributed by atoms with Gasteiger partial charge >= 0.3 is 11.9 Å². The summed E-state index contributed by atoms with van der Waals surface area (Å²) in [4.78, 5) is 23.9. The molecule has 2 atom stereocenters. The van der Waals surface area contributed by atoms with E-state index in [1.54, 1.807) is 19.9 Å². The summed E-state index contributed by atoms with van der Waals surface area (Å²) in [6.45, 7) is 7.85. The highest BCUT2D eigenvalue weighted by atomic mass is 35.5. The van der Waals surface area contributed by atoms with Gasteiger partial charge in [-0.2, -0.15) is 0 Å². The number of carbonyl (C=O) groups excluding carboxylic acids is 2. The number of halogens is 1. The Bertz CT molecular complexity index is 1140. The third-order valence-corrected chi connectivity index (χ3v) is 5.28. The highest BCUT2D eigenvalue weighted by Gasteiger charge is 2.21. The van der Waals surface area contributed by atoms with E-state index in [0.29, 0.717) is 29.7 Å². The fourth-order valence-electron chi connectivity index (χ4n) is 3.72. The van der Waals surface area contributed by atoms with Gasteiger partial charge in [0.2, 0.25) is 0 Å². The second-order valence-electron chi connectivity index (χ2n) is 7.77. The molecule has 7 heteroatoms. The van der Waals surface area contributed by atoms with E-state index in [2.05, 4.69) is 0 Å². The average molecular weight is 473 g/mol. The number of benzene rings is 3. The van der Waals surface area contributed by atoms with Crippen LogP contribution in [0, 0.1) is 0 Å². The maximum absolute atomic E-state index is 12.0. The van der Waals surface area contributed by atoms with Crippen molar-refractivity contribution in [1.29, 1.82) is 0 Å². The van der Waals surface area contributed by atoms with Crippen LogP contribution in [-0.2, 0) is 19.1 Å². The van der Waals surface area contributed by atoms with Gasteiger partial charge in [-0.1, -0.05) is 35.9 Å². The number of hydrogen-bond acceptors (Lipinski definition) is 6. The van der Waals surface area contributed by atoms with Crippen molar-refractivity contribution in [2.75, 3.05) is 13.2 Å². The van der Waals surface area contributed by atoms with Crippen LogP contribution in [0.15, 0.2) is 42.5 Å². The van der Waals surface area contributed by atoms with Crippen LogP contribution < -0.4 is 9.47 Å². The van der Waals surface area contributed by atoms with Crippen LogP contribution in [0.3, 0.4) is 0 Å². The van der Waals surface area contributed by atoms with Crippen LogP contribution in [0.5, 0.6) is 11.5 Å². The third-order valence-electron chi connectivity index (χ3n) is 5.04. The van der Waals surface area contributed by atoms with Crippen molar-refractivity contribution in [3.63, 3.8) is 0 Å². The molecular formula is C26H29ClO6. The first-order valence-electron chi connectivity index (χ1n) is 11.1. The topological polar surface area (TPSA) is 71.1 Å². The summed E-state index contributed by atoms with van der Waals surface area (Å²) in [6.07, 6.45) is -0.560. The second kappa shape index (κ2) is 11.2. The van der Waals surface area contributed by atoms with Crippen molar-refractivity contribution in [3.8, 4) is 11.5 Å². The fourth-order valence-corrected chi connectivity index (χ4v) is 3.89. The summed E-state index contributed by atoms with van der Waals surface area (Å²) < 4.78 is 22.7. The van der Waals surface area contributed by atoms with Gasteiger partial charge in [0.1, 0.15) is 23.7 Å². The van der Waals surface area contributed by atoms with Crippen LogP contribution in [0.4, 0.5) is 0 Å². The summed E-state index contributed by atoms with van der Waals surface area (Å²) in [5.41, 5.74) is 0. The predicted octanol–water partition coefficient (Wildman–Crippen LogP) is 6.09. The van der Waals surface area contributed by atoms with E-state index in [-0.39, 0.29) is 24.8 Å². The quantitative estimate of drug-likeness (QED) is 0.263. The number of hydrogen-bond donors (Lipinski definition) is 0. The minimum absolute atomic E-state index is 0.124. The van der Waals surface area contributed by atoms with Gasteiger partial charge < -0.3 is 18.9 Å². The van der Waals surface area contributed by atoms with Crippen LogP contribution in [0.2, 0.25) is 5.02 Å². The number of carbonyl (C=O) groups is 2. The zero-order valence-corrected chi connectivity index (χ0v) is 20.1. The van der Waals surface area contributed by atoms with Crippen molar-refractivity contribution < 1.29 is 28.5 Å². The molecule has 2 unspecified atom stereocenters. The van der Waals surface area contributed by atoms with Crippen molar-refractivity contribution in [2.45, 2.75) is 52.7 Å². The standard InChI is InChI=1S/C26H29ClO6/c1-5-30-23(28)13-16(3)32-25-19-9-7-8-10-20(19)26(22-15-18(27)11-12-21(22)25)33-17(4)14-24(29)31-6-2/h7-12,15-17H,5-6,13-14H2,1-4H3. The molecule has 0 aliphatic rings. The van der Waals surface area contributed by atoms with E-state index in [1.165, 1.54) is 0 Å². The number of rotatable bonds is 10. The Morgan fingerprint density at radius 3 is 1.70 bits per heavy atom. The Kier molecular flexibility index (Phi) is 8.39. The average Bonchev–Trinajstić information content (AvgIpc) is 2.76. The van der Waals surface area contributed by atoms with Gasteiger partial charge in [0.25, 0.3) is 0 Å². The van der Waals surface area contributed by atoms with E-state index in [1.807, 2.05) is 50.2 Å². The minimum Gasteiger partial charge on any atom is -0.489 e. The molecule has 0 amide bonds. The van der Waals surface area contributed by atoms with Crippen molar-refractivity contribution in [2.24, 2.45) is 0 Å². The lowest BCUT2D eigenvalue weighted by molar-refractivity contribution is -0.145. The van der Waals surface area contributed by atoms with Crippen molar-refractivity contribution in [1.82, 2.24) is 0 Å². The summed E-state index contributed by atoms with van der Waals surface area (Å²) in [5.74, 6) is 0.628. The van der Waals surface area contributed by atoms with Gasteiger partial charge in [0.05, 0.1) is 26.1 Å². The van der Waals surface area contributed by atoms with Gasteiger partial charge in [-0.25, -0.2) is 0 Å². The lowest BCUT2D eigenvalue weighted by Gasteiger charge is -2.22. The summed E-state index contributed by atoms with van der Waals surface area (Å²) in [7, 11) is 0.